The van der Waals surface area contributed by atoms with E-state index < -0.39 is 0 Å². The molecular formula is C16H12N2O2S. The number of nitriles is 1. The first kappa shape index (κ1) is 14.8. The number of hydrogen-bond acceptors (Lipinski definition) is 4. The van der Waals surface area contributed by atoms with Crippen LogP contribution in [0.1, 0.15) is 20.1 Å². The second-order valence-electron chi connectivity index (χ2n) is 4.15. The molecule has 1 aromatic carbocycles. The first-order valence-corrected chi connectivity index (χ1v) is 6.95. The Morgan fingerprint density at radius 3 is 2.90 bits per heavy atom. The van der Waals surface area contributed by atoms with Crippen LogP contribution in [0.5, 0.6) is 0 Å². The maximum absolute atomic E-state index is 12.4. The highest BCUT2D eigenvalue weighted by Crippen LogP contribution is 2.21. The third-order valence-electron chi connectivity index (χ3n) is 2.77. The summed E-state index contributed by atoms with van der Waals surface area (Å²) < 4.78 is 0. The molecule has 21 heavy (non-hydrogen) atoms. The van der Waals surface area contributed by atoms with Crippen molar-refractivity contribution in [2.75, 3.05) is 18.6 Å². The van der Waals surface area contributed by atoms with Gasteiger partial charge in [-0.05, 0) is 30.3 Å². The number of carbonyl (C=O) groups excluding carboxylic acids is 1. The average Bonchev–Trinajstić information content (AvgIpc) is 3.00. The van der Waals surface area contributed by atoms with Crippen molar-refractivity contribution in [3.8, 4) is 17.9 Å². The zero-order valence-electron chi connectivity index (χ0n) is 11.3. The fourth-order valence-electron chi connectivity index (χ4n) is 1.71. The van der Waals surface area contributed by atoms with Gasteiger partial charge < -0.3 is 10.0 Å². The fraction of sp³-hybridized carbons (Fsp3) is 0.125. The number of aliphatic hydroxyl groups is 1. The van der Waals surface area contributed by atoms with Gasteiger partial charge in [-0.3, -0.25) is 4.79 Å². The van der Waals surface area contributed by atoms with Crippen LogP contribution in [-0.2, 0) is 0 Å². The van der Waals surface area contributed by atoms with Gasteiger partial charge in [0.25, 0.3) is 5.91 Å². The van der Waals surface area contributed by atoms with E-state index in [9.17, 15) is 4.79 Å². The molecule has 2 rings (SSSR count). The molecule has 0 bridgehead atoms. The Labute approximate surface area is 126 Å². The molecule has 0 unspecified atom stereocenters. The number of anilines is 1. The van der Waals surface area contributed by atoms with E-state index in [4.69, 9.17) is 10.4 Å². The number of aliphatic hydroxyl groups excluding tert-OH is 1. The van der Waals surface area contributed by atoms with Gasteiger partial charge >= 0.3 is 0 Å². The highest BCUT2D eigenvalue weighted by molar-refractivity contribution is 7.14. The van der Waals surface area contributed by atoms with E-state index in [-0.39, 0.29) is 12.5 Å². The number of thiophene rings is 1. The average molecular weight is 296 g/mol. The molecule has 0 aliphatic carbocycles. The van der Waals surface area contributed by atoms with Crippen LogP contribution in [0, 0.1) is 23.2 Å². The van der Waals surface area contributed by atoms with Crippen LogP contribution < -0.4 is 4.90 Å². The SMILES string of the molecule is CN(C(=O)c1ccc(C#CCO)s1)c1cccc(C#N)c1. The van der Waals surface area contributed by atoms with Crippen LogP contribution in [0.15, 0.2) is 36.4 Å². The minimum Gasteiger partial charge on any atom is -0.384 e. The van der Waals surface area contributed by atoms with Crippen LogP contribution in [-0.4, -0.2) is 24.7 Å². The number of nitrogens with zero attached hydrogens (tertiary/aromatic N) is 2. The van der Waals surface area contributed by atoms with Crippen molar-refractivity contribution < 1.29 is 9.90 Å². The van der Waals surface area contributed by atoms with E-state index in [1.54, 1.807) is 43.4 Å². The van der Waals surface area contributed by atoms with E-state index in [0.717, 1.165) is 4.88 Å². The standard InChI is InChI=1S/C16H12N2O2S/c1-18(13-5-2-4-12(10-13)11-17)16(20)15-8-7-14(21-15)6-3-9-19/h2,4-5,7-8,10,19H,9H2,1H3. The summed E-state index contributed by atoms with van der Waals surface area (Å²) in [4.78, 5) is 15.2. The molecule has 0 fully saturated rings. The second kappa shape index (κ2) is 6.71. The molecule has 2 aromatic rings. The Kier molecular flexibility index (Phi) is 4.73. The van der Waals surface area contributed by atoms with Gasteiger partial charge in [-0.15, -0.1) is 11.3 Å². The van der Waals surface area contributed by atoms with Crippen molar-refractivity contribution in [2.45, 2.75) is 0 Å². The summed E-state index contributed by atoms with van der Waals surface area (Å²) in [6.07, 6.45) is 0. The van der Waals surface area contributed by atoms with Crippen LogP contribution in [0.2, 0.25) is 0 Å². The van der Waals surface area contributed by atoms with Crippen molar-refractivity contribution >= 4 is 22.9 Å². The molecule has 0 spiro atoms. The summed E-state index contributed by atoms with van der Waals surface area (Å²) in [7, 11) is 1.66. The Hall–Kier alpha value is -2.60. The molecule has 1 N–H and O–H groups in total. The molecule has 0 aliphatic heterocycles. The first-order valence-electron chi connectivity index (χ1n) is 6.13. The van der Waals surface area contributed by atoms with Gasteiger partial charge in [-0.2, -0.15) is 5.26 Å². The lowest BCUT2D eigenvalue weighted by atomic mass is 10.2. The predicted octanol–water partition coefficient (Wildman–Crippen LogP) is 2.24. The minimum atomic E-state index is -0.206. The number of carbonyl (C=O) groups is 1. The van der Waals surface area contributed by atoms with E-state index in [1.165, 1.54) is 16.2 Å². The molecule has 5 heteroatoms. The lowest BCUT2D eigenvalue weighted by Gasteiger charge is -2.16. The maximum Gasteiger partial charge on any atom is 0.268 e. The number of benzene rings is 1. The first-order chi connectivity index (χ1) is 10.2. The largest absolute Gasteiger partial charge is 0.384 e. The molecule has 0 saturated heterocycles. The van der Waals surface area contributed by atoms with E-state index in [2.05, 4.69) is 17.9 Å². The molecule has 0 radical (unpaired) electrons. The van der Waals surface area contributed by atoms with Gasteiger partial charge in [0.15, 0.2) is 0 Å². The summed E-state index contributed by atoms with van der Waals surface area (Å²) in [5.74, 6) is 5.16. The Morgan fingerprint density at radius 1 is 1.38 bits per heavy atom. The van der Waals surface area contributed by atoms with Crippen LogP contribution in [0.4, 0.5) is 5.69 Å². The zero-order valence-corrected chi connectivity index (χ0v) is 12.1. The van der Waals surface area contributed by atoms with Crippen LogP contribution >= 0.6 is 11.3 Å². The third-order valence-corrected chi connectivity index (χ3v) is 3.76. The Morgan fingerprint density at radius 2 is 2.19 bits per heavy atom. The fourth-order valence-corrected chi connectivity index (χ4v) is 2.57. The highest BCUT2D eigenvalue weighted by atomic mass is 32.1. The van der Waals surface area contributed by atoms with E-state index in [0.29, 0.717) is 16.1 Å². The van der Waals surface area contributed by atoms with Crippen molar-refractivity contribution in [2.24, 2.45) is 0 Å². The summed E-state index contributed by atoms with van der Waals surface area (Å²) in [5, 5.41) is 17.6. The van der Waals surface area contributed by atoms with E-state index in [1.807, 2.05) is 0 Å². The van der Waals surface area contributed by atoms with Crippen molar-refractivity contribution in [1.82, 2.24) is 0 Å². The lowest BCUT2D eigenvalue weighted by Crippen LogP contribution is -2.25. The van der Waals surface area contributed by atoms with Crippen molar-refractivity contribution in [3.05, 3.63) is 51.7 Å². The Balaban J connectivity index is 2.22. The van der Waals surface area contributed by atoms with Gasteiger partial charge in [0.05, 0.1) is 21.4 Å². The molecule has 1 heterocycles. The lowest BCUT2D eigenvalue weighted by molar-refractivity contribution is 0.0997. The summed E-state index contributed by atoms with van der Waals surface area (Å²) in [6, 6.07) is 12.4. The van der Waals surface area contributed by atoms with Gasteiger partial charge in [0, 0.05) is 12.7 Å². The highest BCUT2D eigenvalue weighted by Gasteiger charge is 2.15. The molecule has 4 nitrogen and oxygen atoms in total. The normalized spacial score (nSPS) is 9.38. The maximum atomic E-state index is 12.4. The Bertz CT molecular complexity index is 762. The molecule has 0 atom stereocenters. The third kappa shape index (κ3) is 3.49. The smallest absolute Gasteiger partial charge is 0.268 e. The molecule has 0 saturated carbocycles. The molecule has 104 valence electrons. The van der Waals surface area contributed by atoms with E-state index >= 15 is 0 Å². The number of rotatable bonds is 2. The predicted molar refractivity (Wildman–Crippen MR) is 82.2 cm³/mol. The zero-order chi connectivity index (χ0) is 15.2. The monoisotopic (exact) mass is 296 g/mol. The second-order valence-corrected chi connectivity index (χ2v) is 5.23. The number of amides is 1. The molecule has 0 aliphatic rings. The van der Waals surface area contributed by atoms with Gasteiger partial charge in [0.1, 0.15) is 6.61 Å². The quantitative estimate of drug-likeness (QED) is 0.864. The summed E-state index contributed by atoms with van der Waals surface area (Å²) in [6.45, 7) is -0.206. The summed E-state index contributed by atoms with van der Waals surface area (Å²) in [5.41, 5.74) is 1.17. The molecule has 1 amide bonds. The van der Waals surface area contributed by atoms with Gasteiger partial charge in [0.2, 0.25) is 0 Å². The van der Waals surface area contributed by atoms with Gasteiger partial charge in [-0.25, -0.2) is 0 Å². The molecule has 1 aromatic heterocycles. The van der Waals surface area contributed by atoms with Crippen LogP contribution in [0.3, 0.4) is 0 Å². The van der Waals surface area contributed by atoms with Crippen molar-refractivity contribution in [1.29, 1.82) is 5.26 Å². The molecular weight excluding hydrogens is 284 g/mol. The van der Waals surface area contributed by atoms with Crippen LogP contribution in [0.25, 0.3) is 0 Å². The topological polar surface area (TPSA) is 64.3 Å². The van der Waals surface area contributed by atoms with Gasteiger partial charge in [-0.1, -0.05) is 17.9 Å². The minimum absolute atomic E-state index is 0.160. The number of hydrogen-bond donors (Lipinski definition) is 1. The van der Waals surface area contributed by atoms with Crippen molar-refractivity contribution in [3.63, 3.8) is 0 Å². The summed E-state index contributed by atoms with van der Waals surface area (Å²) >= 11 is 1.27.